The van der Waals surface area contributed by atoms with Crippen molar-refractivity contribution in [3.05, 3.63) is 52.5 Å². The van der Waals surface area contributed by atoms with Crippen molar-refractivity contribution in [1.29, 1.82) is 0 Å². The van der Waals surface area contributed by atoms with Crippen LogP contribution in [0, 0.1) is 0 Å². The van der Waals surface area contributed by atoms with Crippen LogP contribution >= 0.6 is 0 Å². The second-order valence-electron chi connectivity index (χ2n) is 7.67. The minimum absolute atomic E-state index is 0.234. The number of hydrogen-bond acceptors (Lipinski definition) is 8. The summed E-state index contributed by atoms with van der Waals surface area (Å²) in [6, 6.07) is 5.10. The number of aromatic nitrogens is 5. The summed E-state index contributed by atoms with van der Waals surface area (Å²) in [5.74, 6) is 1.65. The molecule has 3 N–H and O–H groups in total. The van der Waals surface area contributed by atoms with Crippen LogP contribution in [0.4, 0.5) is 17.6 Å². The molecule has 0 aliphatic carbocycles. The predicted molar refractivity (Wildman–Crippen MR) is 128 cm³/mol. The van der Waals surface area contributed by atoms with Gasteiger partial charge in [0, 0.05) is 25.2 Å². The number of nitrogens with zero attached hydrogens (tertiary/aromatic N) is 4. The van der Waals surface area contributed by atoms with Gasteiger partial charge in [-0.25, -0.2) is 4.98 Å². The quantitative estimate of drug-likeness (QED) is 0.382. The standard InChI is InChI=1S/C23H25N7O3/c1-3-5-14(6-4-2)16-13-17(29-28-16)24-23-26-19-15-7-8-18(31)25-22(15)33-20(19)21(27-23)30-9-11-32-12-10-30/h3,5-8,13H,4,9-12H2,1-2H3,(H,25,31)(H2,24,26,27,28,29)/b5-3-,14-6+. The lowest BCUT2D eigenvalue weighted by atomic mass is 10.1. The lowest BCUT2D eigenvalue weighted by Crippen LogP contribution is -2.37. The van der Waals surface area contributed by atoms with E-state index in [0.717, 1.165) is 17.7 Å². The van der Waals surface area contributed by atoms with Gasteiger partial charge in [-0.3, -0.25) is 14.9 Å². The van der Waals surface area contributed by atoms with Crippen molar-refractivity contribution in [2.45, 2.75) is 20.3 Å². The molecule has 1 aliphatic heterocycles. The number of morpholine rings is 1. The number of ether oxygens (including phenoxy) is 1. The van der Waals surface area contributed by atoms with Crippen LogP contribution in [0.5, 0.6) is 0 Å². The summed E-state index contributed by atoms with van der Waals surface area (Å²) in [7, 11) is 0. The molecule has 0 aromatic carbocycles. The van der Waals surface area contributed by atoms with Gasteiger partial charge in [0.25, 0.3) is 5.56 Å². The Hall–Kier alpha value is -3.92. The second-order valence-corrected chi connectivity index (χ2v) is 7.67. The summed E-state index contributed by atoms with van der Waals surface area (Å²) in [5.41, 5.74) is 3.26. The zero-order valence-electron chi connectivity index (χ0n) is 18.5. The Kier molecular flexibility index (Phi) is 5.66. The highest BCUT2D eigenvalue weighted by Gasteiger charge is 2.22. The summed E-state index contributed by atoms with van der Waals surface area (Å²) in [4.78, 5) is 26.1. The summed E-state index contributed by atoms with van der Waals surface area (Å²) < 4.78 is 11.5. The van der Waals surface area contributed by atoms with Crippen molar-refractivity contribution in [1.82, 2.24) is 25.1 Å². The van der Waals surface area contributed by atoms with E-state index in [9.17, 15) is 4.79 Å². The third kappa shape index (κ3) is 4.12. The summed E-state index contributed by atoms with van der Waals surface area (Å²) in [6.45, 7) is 6.65. The molecule has 0 atom stereocenters. The maximum atomic E-state index is 11.8. The molecule has 33 heavy (non-hydrogen) atoms. The van der Waals surface area contributed by atoms with Gasteiger partial charge in [0.2, 0.25) is 11.7 Å². The molecule has 4 aromatic rings. The molecule has 0 bridgehead atoms. The first-order chi connectivity index (χ1) is 16.2. The van der Waals surface area contributed by atoms with Crippen LogP contribution < -0.4 is 15.8 Å². The van der Waals surface area contributed by atoms with Crippen molar-refractivity contribution < 1.29 is 9.15 Å². The highest BCUT2D eigenvalue weighted by Crippen LogP contribution is 2.33. The average Bonchev–Trinajstić information content (AvgIpc) is 3.43. The van der Waals surface area contributed by atoms with Gasteiger partial charge in [0.15, 0.2) is 17.2 Å². The Balaban J connectivity index is 1.58. The van der Waals surface area contributed by atoms with E-state index < -0.39 is 0 Å². The minimum Gasteiger partial charge on any atom is -0.434 e. The molecule has 4 aromatic heterocycles. The maximum absolute atomic E-state index is 11.8. The highest BCUT2D eigenvalue weighted by atomic mass is 16.5. The van der Waals surface area contributed by atoms with Crippen LogP contribution in [-0.2, 0) is 4.74 Å². The third-order valence-corrected chi connectivity index (χ3v) is 5.40. The Morgan fingerprint density at radius 2 is 2.12 bits per heavy atom. The number of aromatic amines is 2. The van der Waals surface area contributed by atoms with E-state index in [1.54, 1.807) is 6.07 Å². The molecular formula is C23H25N7O3. The third-order valence-electron chi connectivity index (χ3n) is 5.40. The first kappa shape index (κ1) is 21.0. The molecule has 5 rings (SSSR count). The first-order valence-electron chi connectivity index (χ1n) is 11.0. The van der Waals surface area contributed by atoms with Crippen LogP contribution in [-0.4, -0.2) is 51.5 Å². The van der Waals surface area contributed by atoms with Crippen LogP contribution in [0.25, 0.3) is 27.8 Å². The van der Waals surface area contributed by atoms with Crippen molar-refractivity contribution in [2.75, 3.05) is 36.5 Å². The fraction of sp³-hybridized carbons (Fsp3) is 0.304. The molecule has 10 heteroatoms. The molecule has 0 unspecified atom stereocenters. The molecule has 5 heterocycles. The second kappa shape index (κ2) is 8.91. The minimum atomic E-state index is -0.234. The topological polar surface area (TPSA) is 125 Å². The molecule has 0 saturated carbocycles. The number of H-pyrrole nitrogens is 2. The Morgan fingerprint density at radius 3 is 2.91 bits per heavy atom. The maximum Gasteiger partial charge on any atom is 0.250 e. The SMILES string of the molecule is C/C=C\C(=C/CC)c1cc(Nc2nc(N3CCOCC3)c3oc4[nH]c(=O)ccc4c3n2)n[nH]1. The van der Waals surface area contributed by atoms with E-state index in [4.69, 9.17) is 19.1 Å². The van der Waals surface area contributed by atoms with Crippen molar-refractivity contribution >= 4 is 45.4 Å². The number of nitrogens with one attached hydrogen (secondary N) is 3. The molecule has 0 spiro atoms. The molecule has 0 radical (unpaired) electrons. The van der Waals surface area contributed by atoms with Crippen LogP contribution in [0.3, 0.4) is 0 Å². The van der Waals surface area contributed by atoms with E-state index in [2.05, 4.69) is 38.4 Å². The lowest BCUT2D eigenvalue weighted by Gasteiger charge is -2.27. The molecular weight excluding hydrogens is 422 g/mol. The smallest absolute Gasteiger partial charge is 0.250 e. The number of anilines is 3. The van der Waals surface area contributed by atoms with E-state index in [1.165, 1.54) is 6.07 Å². The van der Waals surface area contributed by atoms with Gasteiger partial charge >= 0.3 is 0 Å². The van der Waals surface area contributed by atoms with Gasteiger partial charge in [-0.15, -0.1) is 0 Å². The number of allylic oxidation sites excluding steroid dienone is 4. The largest absolute Gasteiger partial charge is 0.434 e. The van der Waals surface area contributed by atoms with Crippen molar-refractivity contribution in [2.24, 2.45) is 0 Å². The van der Waals surface area contributed by atoms with Crippen LogP contribution in [0.1, 0.15) is 26.0 Å². The molecule has 1 saturated heterocycles. The Bertz CT molecular complexity index is 1410. The summed E-state index contributed by atoms with van der Waals surface area (Å²) in [5, 5.41) is 11.4. The van der Waals surface area contributed by atoms with Gasteiger partial charge < -0.3 is 19.4 Å². The van der Waals surface area contributed by atoms with Crippen LogP contribution in [0.2, 0.25) is 0 Å². The summed E-state index contributed by atoms with van der Waals surface area (Å²) >= 11 is 0. The number of furan rings is 1. The van der Waals surface area contributed by atoms with Gasteiger partial charge in [0.05, 0.1) is 24.3 Å². The fourth-order valence-corrected chi connectivity index (χ4v) is 3.90. The number of pyridine rings is 1. The zero-order valence-corrected chi connectivity index (χ0v) is 18.5. The van der Waals surface area contributed by atoms with Gasteiger partial charge in [-0.2, -0.15) is 10.1 Å². The predicted octanol–water partition coefficient (Wildman–Crippen LogP) is 3.74. The molecule has 0 amide bonds. The van der Waals surface area contributed by atoms with E-state index in [-0.39, 0.29) is 5.56 Å². The van der Waals surface area contributed by atoms with E-state index in [0.29, 0.717) is 66.1 Å². The van der Waals surface area contributed by atoms with Crippen LogP contribution in [0.15, 0.2) is 45.6 Å². The Morgan fingerprint density at radius 1 is 1.27 bits per heavy atom. The monoisotopic (exact) mass is 447 g/mol. The van der Waals surface area contributed by atoms with Gasteiger partial charge in [0.1, 0.15) is 5.52 Å². The van der Waals surface area contributed by atoms with E-state index in [1.807, 2.05) is 25.1 Å². The number of hydrogen-bond donors (Lipinski definition) is 3. The molecule has 10 nitrogen and oxygen atoms in total. The van der Waals surface area contributed by atoms with Crippen molar-refractivity contribution in [3.8, 4) is 0 Å². The molecule has 1 aliphatic rings. The van der Waals surface area contributed by atoms with Gasteiger partial charge in [-0.05, 0) is 25.0 Å². The number of fused-ring (bicyclic) bond motifs is 3. The summed E-state index contributed by atoms with van der Waals surface area (Å²) in [6.07, 6.45) is 7.09. The highest BCUT2D eigenvalue weighted by molar-refractivity contribution is 6.05. The zero-order chi connectivity index (χ0) is 22.8. The Labute approximate surface area is 189 Å². The van der Waals surface area contributed by atoms with Crippen molar-refractivity contribution in [3.63, 3.8) is 0 Å². The first-order valence-corrected chi connectivity index (χ1v) is 11.0. The average molecular weight is 447 g/mol. The fourth-order valence-electron chi connectivity index (χ4n) is 3.90. The molecule has 1 fully saturated rings. The van der Waals surface area contributed by atoms with Gasteiger partial charge in [-0.1, -0.05) is 25.2 Å². The number of rotatable bonds is 6. The lowest BCUT2D eigenvalue weighted by molar-refractivity contribution is 0.122. The molecule has 170 valence electrons. The normalized spacial score (nSPS) is 15.2. The van der Waals surface area contributed by atoms with E-state index >= 15 is 0 Å².